The first-order valence-electron chi connectivity index (χ1n) is 4.80. The highest BCUT2D eigenvalue weighted by Crippen LogP contribution is 2.02. The molecule has 0 saturated carbocycles. The Hall–Kier alpha value is -0.570. The molecule has 0 spiro atoms. The summed E-state index contributed by atoms with van der Waals surface area (Å²) in [5.74, 6) is 0. The summed E-state index contributed by atoms with van der Waals surface area (Å²) in [6.07, 6.45) is 2.75. The minimum Gasteiger partial charge on any atom is -0.462 e. The van der Waals surface area contributed by atoms with Crippen LogP contribution in [0, 0.1) is 0 Å². The van der Waals surface area contributed by atoms with Crippen molar-refractivity contribution in [2.75, 3.05) is 6.54 Å². The molecule has 1 aliphatic heterocycles. The molecule has 0 radical (unpaired) electrons. The minimum absolute atomic E-state index is 0. The van der Waals surface area contributed by atoms with Gasteiger partial charge in [0.15, 0.2) is 0 Å². The van der Waals surface area contributed by atoms with E-state index >= 15 is 0 Å². The molecule has 1 aliphatic rings. The van der Waals surface area contributed by atoms with E-state index in [0.29, 0.717) is 6.47 Å². The Morgan fingerprint density at radius 1 is 1.43 bits per heavy atom. The van der Waals surface area contributed by atoms with E-state index in [1.54, 1.807) is 0 Å². The van der Waals surface area contributed by atoms with Gasteiger partial charge in [-0.25, -0.2) is 0 Å². The van der Waals surface area contributed by atoms with Crippen molar-refractivity contribution >= 4 is 6.47 Å². The van der Waals surface area contributed by atoms with Crippen molar-refractivity contribution in [1.82, 2.24) is 5.32 Å². The number of nitrogens with one attached hydrogen (secondary N) is 1. The zero-order valence-electron chi connectivity index (χ0n) is 9.09. The molecule has 0 aromatic carbocycles. The molecular weight excluding hydrogens is 178 g/mol. The standard InChI is InChI=1S/C5H11N.C5H10O2.CH4/c1-5-3-2-4-6-5;1-5(2,3)7-4-6;/h5-6H,2-4H2,1H3;4H,1-3H3;1H4. The second-order valence-electron chi connectivity index (χ2n) is 4.32. The summed E-state index contributed by atoms with van der Waals surface area (Å²) in [6.45, 7) is 9.39. The van der Waals surface area contributed by atoms with Gasteiger partial charge in [0.05, 0.1) is 0 Å². The summed E-state index contributed by atoms with van der Waals surface area (Å²) in [5, 5.41) is 3.32. The van der Waals surface area contributed by atoms with E-state index in [4.69, 9.17) is 0 Å². The van der Waals surface area contributed by atoms with E-state index in [2.05, 4.69) is 17.0 Å². The highest BCUT2D eigenvalue weighted by Gasteiger charge is 2.07. The van der Waals surface area contributed by atoms with Gasteiger partial charge < -0.3 is 10.1 Å². The van der Waals surface area contributed by atoms with Gasteiger partial charge in [-0.2, -0.15) is 0 Å². The normalized spacial score (nSPS) is 20.1. The van der Waals surface area contributed by atoms with Gasteiger partial charge in [-0.15, -0.1) is 0 Å². The lowest BCUT2D eigenvalue weighted by molar-refractivity contribution is -0.138. The molecule has 1 heterocycles. The zero-order chi connectivity index (χ0) is 10.3. The third kappa shape index (κ3) is 11.4. The van der Waals surface area contributed by atoms with Gasteiger partial charge >= 0.3 is 0 Å². The summed E-state index contributed by atoms with van der Waals surface area (Å²) in [4.78, 5) is 9.60. The first-order chi connectivity index (χ1) is 5.95. The fourth-order valence-electron chi connectivity index (χ4n) is 1.00. The monoisotopic (exact) mass is 203 g/mol. The Labute approximate surface area is 88.2 Å². The lowest BCUT2D eigenvalue weighted by atomic mass is 10.2. The van der Waals surface area contributed by atoms with Gasteiger partial charge in [0.25, 0.3) is 6.47 Å². The van der Waals surface area contributed by atoms with Crippen LogP contribution in [0.1, 0.15) is 48.0 Å². The van der Waals surface area contributed by atoms with E-state index in [1.165, 1.54) is 19.4 Å². The summed E-state index contributed by atoms with van der Waals surface area (Å²) in [6, 6.07) is 0.796. The molecule has 0 aromatic rings. The van der Waals surface area contributed by atoms with Crippen LogP contribution < -0.4 is 5.32 Å². The van der Waals surface area contributed by atoms with Crippen LogP contribution in [0.3, 0.4) is 0 Å². The Bertz CT molecular complexity index is 135. The molecule has 1 unspecified atom stereocenters. The van der Waals surface area contributed by atoms with E-state index in [-0.39, 0.29) is 13.0 Å². The van der Waals surface area contributed by atoms with Gasteiger partial charge in [-0.05, 0) is 47.1 Å². The molecule has 14 heavy (non-hydrogen) atoms. The summed E-state index contributed by atoms with van der Waals surface area (Å²) in [5.41, 5.74) is -0.318. The third-order valence-electron chi connectivity index (χ3n) is 1.71. The van der Waals surface area contributed by atoms with Gasteiger partial charge in [-0.3, -0.25) is 4.79 Å². The maximum Gasteiger partial charge on any atom is 0.293 e. The van der Waals surface area contributed by atoms with Gasteiger partial charge in [0.1, 0.15) is 5.60 Å². The van der Waals surface area contributed by atoms with Crippen molar-refractivity contribution in [2.24, 2.45) is 0 Å². The lowest BCUT2D eigenvalue weighted by Crippen LogP contribution is -2.17. The first-order valence-corrected chi connectivity index (χ1v) is 4.80. The topological polar surface area (TPSA) is 38.3 Å². The summed E-state index contributed by atoms with van der Waals surface area (Å²) in [7, 11) is 0. The Balaban J connectivity index is 0. The lowest BCUT2D eigenvalue weighted by Gasteiger charge is -2.14. The minimum atomic E-state index is -0.318. The van der Waals surface area contributed by atoms with Crippen LogP contribution >= 0.6 is 0 Å². The molecular formula is C11H25NO2. The summed E-state index contributed by atoms with van der Waals surface area (Å²) < 4.78 is 4.55. The molecule has 3 heteroatoms. The van der Waals surface area contributed by atoms with E-state index in [9.17, 15) is 4.79 Å². The molecule has 0 amide bonds. The molecule has 0 bridgehead atoms. The number of rotatable bonds is 1. The molecule has 1 fully saturated rings. The van der Waals surface area contributed by atoms with Crippen molar-refractivity contribution < 1.29 is 9.53 Å². The average Bonchev–Trinajstić information content (AvgIpc) is 2.38. The predicted octanol–water partition coefficient (Wildman–Crippen LogP) is 2.35. The number of hydrogen-bond donors (Lipinski definition) is 1. The quantitative estimate of drug-likeness (QED) is 0.665. The van der Waals surface area contributed by atoms with Crippen molar-refractivity contribution in [1.29, 1.82) is 0 Å². The number of hydrogen-bond acceptors (Lipinski definition) is 3. The van der Waals surface area contributed by atoms with E-state index in [0.717, 1.165) is 6.04 Å². The van der Waals surface area contributed by atoms with Crippen molar-refractivity contribution in [3.8, 4) is 0 Å². The van der Waals surface area contributed by atoms with Crippen LogP contribution in [-0.2, 0) is 9.53 Å². The van der Waals surface area contributed by atoms with Crippen molar-refractivity contribution in [3.05, 3.63) is 0 Å². The Morgan fingerprint density at radius 2 is 2.00 bits per heavy atom. The third-order valence-corrected chi connectivity index (χ3v) is 1.71. The molecule has 1 rings (SSSR count). The van der Waals surface area contributed by atoms with Crippen molar-refractivity contribution in [2.45, 2.75) is 59.6 Å². The number of carbonyl (C=O) groups excluding carboxylic acids is 1. The Morgan fingerprint density at radius 3 is 2.07 bits per heavy atom. The highest BCUT2D eigenvalue weighted by atomic mass is 16.5. The molecule has 86 valence electrons. The fourth-order valence-corrected chi connectivity index (χ4v) is 1.00. The van der Waals surface area contributed by atoms with Crippen LogP contribution in [0.2, 0.25) is 0 Å². The van der Waals surface area contributed by atoms with Gasteiger partial charge in [0, 0.05) is 6.04 Å². The SMILES string of the molecule is C.CC(C)(C)OC=O.CC1CCCN1. The van der Waals surface area contributed by atoms with Crippen LogP contribution in [0.15, 0.2) is 0 Å². The molecule has 0 aromatic heterocycles. The maximum absolute atomic E-state index is 9.60. The van der Waals surface area contributed by atoms with Crippen LogP contribution in [0.25, 0.3) is 0 Å². The van der Waals surface area contributed by atoms with E-state index in [1.807, 2.05) is 20.8 Å². The molecule has 1 saturated heterocycles. The Kier molecular flexibility index (Phi) is 8.85. The fraction of sp³-hybridized carbons (Fsp3) is 0.909. The number of ether oxygens (including phenoxy) is 1. The largest absolute Gasteiger partial charge is 0.462 e. The smallest absolute Gasteiger partial charge is 0.293 e. The maximum atomic E-state index is 9.60. The number of carbonyl (C=O) groups is 1. The second kappa shape index (κ2) is 7.80. The van der Waals surface area contributed by atoms with Gasteiger partial charge in [-0.1, -0.05) is 7.43 Å². The first kappa shape index (κ1) is 15.9. The molecule has 0 aliphatic carbocycles. The highest BCUT2D eigenvalue weighted by molar-refractivity contribution is 5.37. The molecule has 1 N–H and O–H groups in total. The van der Waals surface area contributed by atoms with E-state index < -0.39 is 0 Å². The molecule has 3 nitrogen and oxygen atoms in total. The average molecular weight is 203 g/mol. The van der Waals surface area contributed by atoms with Crippen LogP contribution in [0.4, 0.5) is 0 Å². The van der Waals surface area contributed by atoms with Crippen molar-refractivity contribution in [3.63, 3.8) is 0 Å². The summed E-state index contributed by atoms with van der Waals surface area (Å²) >= 11 is 0. The van der Waals surface area contributed by atoms with Crippen LogP contribution in [-0.4, -0.2) is 24.7 Å². The van der Waals surface area contributed by atoms with Crippen LogP contribution in [0.5, 0.6) is 0 Å². The van der Waals surface area contributed by atoms with Gasteiger partial charge in [0.2, 0.25) is 0 Å². The predicted molar refractivity (Wildman–Crippen MR) is 60.3 cm³/mol. The second-order valence-corrected chi connectivity index (χ2v) is 4.32. The zero-order valence-corrected chi connectivity index (χ0v) is 9.09. The molecule has 1 atom stereocenters.